The molecule has 3 heterocycles. The number of carbonyl (C=O) groups excluding carboxylic acids is 3. The SMILES string of the molecule is CCOC(=O)Cc1c(C)cccc1OCc1cc(-c2cccc(CN)c2)c2occc2c1.CCOC(=O)Cc1c(C)cccc1OCc1cc(Br)c2occc2c1.Cc1cccc(OCc2cc(-c3cccc(CN)c3)c3occc3c2)c1CC(=O)O.Cl.NCc1cccc(B(O)O)c1.O=COO.[Cl][Pd][Cl].[K].[K].[Li+].[OH-].c1ccc(P(c2ccccc2)c2ccccc2)cc1.c1ccc(P(c2ccccc2)c2ccccc2)cc1. The van der Waals surface area contributed by atoms with Crippen molar-refractivity contribution in [1.82, 2.24) is 0 Å². The van der Waals surface area contributed by atoms with Crippen molar-refractivity contribution in [1.29, 1.82) is 0 Å². The molecule has 0 spiro atoms. The zero-order valence-electron chi connectivity index (χ0n) is 83.3. The molecule has 18 rings (SSSR count). The number of halogens is 4. The number of esters is 2. The van der Waals surface area contributed by atoms with E-state index in [1.54, 1.807) is 50.8 Å². The van der Waals surface area contributed by atoms with Crippen molar-refractivity contribution < 1.29 is 122 Å². The Balaban J connectivity index is 0.000000271. The second kappa shape index (κ2) is 69.3. The third-order valence-electron chi connectivity index (χ3n) is 22.2. The van der Waals surface area contributed by atoms with Gasteiger partial charge in [0.2, 0.25) is 0 Å². The summed E-state index contributed by atoms with van der Waals surface area (Å²) in [6.07, 6.45) is 5.37. The molecule has 0 unspecified atom stereocenters. The van der Waals surface area contributed by atoms with Crippen LogP contribution >= 0.6 is 63.2 Å². The molecule has 0 aliphatic heterocycles. The molecule has 754 valence electrons. The van der Waals surface area contributed by atoms with Crippen molar-refractivity contribution in [2.24, 2.45) is 17.2 Å². The Morgan fingerprint density at radius 1 is 0.399 bits per heavy atom. The summed E-state index contributed by atoms with van der Waals surface area (Å²) in [6.45, 7) is 12.6. The van der Waals surface area contributed by atoms with E-state index in [1.807, 2.05) is 154 Å². The summed E-state index contributed by atoms with van der Waals surface area (Å²) in [7, 11) is 7.33. The standard InChI is InChI=1S/C27H27NO4.C25H23NO4.C20H19BrO4.2C18H15P.C7H10BNO2.CH2O3.3ClH.2K.Li.H2O.Pd/c1-3-30-26(29)15-23-18(2)6-4-9-25(23)32-17-20-13-22-10-11-31-27(22)24(14-20)21-8-5-7-19(12-21)16-28;1-16-4-2-7-23(21(16)13-24(27)28)30-15-18-11-20-8-9-29-25(20)22(12-18)19-6-3-5-17(10-19)14-26;1-3-23-19(22)11-16-13(2)5-4-6-18(16)25-12-14-9-15-7-8-24-20(15)17(21)10-14;2*1-4-10-16(11-5-1)19(17-12-6-2-7-13-17)18-14-8-3-9-15-18;9-5-6-2-1-3-7(4-6)8(10)11;2-1-4-3;;;;;;;;/h4-14H,3,15-17,28H2,1-2H3;2-12H,13-15,26H2,1H3,(H,27,28);4-10H,3,11-12H2,1-2H3;2*1-15H;1-4,10-11H,5,9H2;1,3H;3*1H;;;;1H2;/q;;;;;;;;;;;;+1;;+2/p-3. The topological polar surface area (TPSA) is 352 Å². The van der Waals surface area contributed by atoms with Gasteiger partial charge in [-0.3, -0.25) is 19.2 Å². The number of nitrogens with two attached hydrogens (primary N) is 3. The molecule has 21 nitrogen and oxygen atoms in total. The van der Waals surface area contributed by atoms with Gasteiger partial charge in [0, 0.05) is 166 Å². The van der Waals surface area contributed by atoms with Crippen LogP contribution in [0.1, 0.15) is 80.6 Å². The molecule has 11 N–H and O–H groups in total. The maximum atomic E-state index is 12.1. The molecule has 3 aromatic heterocycles. The molecule has 0 saturated carbocycles. The first-order valence-corrected chi connectivity index (χ1v) is 53.2. The number of fused-ring (bicyclic) bond motifs is 3. The minimum absolute atomic E-state index is 0. The first-order chi connectivity index (χ1) is 69.7. The maximum absolute atomic E-state index is 12.1. The minimum atomic E-state index is -1.40. The van der Waals surface area contributed by atoms with Gasteiger partial charge in [0.1, 0.15) is 53.8 Å². The number of carboxylic acids is 1. The van der Waals surface area contributed by atoms with Crippen molar-refractivity contribution >= 4 is 268 Å². The van der Waals surface area contributed by atoms with Gasteiger partial charge in [-0.05, 0) is 250 Å². The van der Waals surface area contributed by atoms with Gasteiger partial charge in [-0.15, -0.1) is 12.4 Å². The largest absolute Gasteiger partial charge is 1.00 e. The van der Waals surface area contributed by atoms with Crippen molar-refractivity contribution in [3.05, 3.63) is 454 Å². The van der Waals surface area contributed by atoms with E-state index in [0.717, 1.165) is 121 Å². The van der Waals surface area contributed by atoms with Crippen LogP contribution in [0, 0.1) is 20.8 Å². The molecule has 0 fully saturated rings. The van der Waals surface area contributed by atoms with Gasteiger partial charge < -0.3 is 79.7 Å². The molecular weight excluding hydrogens is 2170 g/mol. The van der Waals surface area contributed by atoms with Gasteiger partial charge >= 0.3 is 85.4 Å². The predicted molar refractivity (Wildman–Crippen MR) is 598 cm³/mol. The summed E-state index contributed by atoms with van der Waals surface area (Å²) in [4.78, 5) is 46.7. The molecule has 0 saturated heterocycles. The monoisotopic (exact) mass is 2280 g/mol. The van der Waals surface area contributed by atoms with E-state index in [0.29, 0.717) is 80.9 Å². The summed E-state index contributed by atoms with van der Waals surface area (Å²) >= 11 is 3.41. The van der Waals surface area contributed by atoms with Gasteiger partial charge in [0.15, 0.2) is 0 Å². The van der Waals surface area contributed by atoms with Gasteiger partial charge in [-0.2, -0.15) is 0 Å². The summed E-state index contributed by atoms with van der Waals surface area (Å²) in [5.74, 6) is 0.610. The normalized spacial score (nSPS) is 10.2. The summed E-state index contributed by atoms with van der Waals surface area (Å²) in [5, 5.41) is 45.2. The molecule has 148 heavy (non-hydrogen) atoms. The zero-order valence-corrected chi connectivity index (χ0v) is 96.8. The Morgan fingerprint density at radius 2 is 0.682 bits per heavy atom. The third kappa shape index (κ3) is 39.4. The second-order valence-electron chi connectivity index (χ2n) is 32.0. The number of aryl methyl sites for hydroxylation is 3. The Kier molecular flexibility index (Phi) is 59.7. The molecule has 18 aromatic rings. The number of hydrogen-bond donors (Lipinski definition) is 7. The first-order valence-electron chi connectivity index (χ1n) is 45.7. The summed E-state index contributed by atoms with van der Waals surface area (Å²) in [6, 6.07) is 123. The van der Waals surface area contributed by atoms with Crippen LogP contribution in [0.5, 0.6) is 17.2 Å². The number of rotatable bonds is 30. The molecule has 2 radical (unpaired) electrons. The molecule has 0 aliphatic rings. The second-order valence-corrected chi connectivity index (χ2v) is 39.7. The Hall–Kier alpha value is -9.27. The molecule has 32 heteroatoms. The molecule has 0 aliphatic carbocycles. The van der Waals surface area contributed by atoms with Crippen LogP contribution in [0.3, 0.4) is 0 Å². The van der Waals surface area contributed by atoms with E-state index in [-0.39, 0.29) is 193 Å². The van der Waals surface area contributed by atoms with Gasteiger partial charge in [-0.1, -0.05) is 279 Å². The number of furan rings is 3. The van der Waals surface area contributed by atoms with Crippen LogP contribution < -0.4 is 87.6 Å². The van der Waals surface area contributed by atoms with E-state index in [2.05, 4.69) is 233 Å². The van der Waals surface area contributed by atoms with Crippen molar-refractivity contribution in [3.8, 4) is 39.5 Å². The molecule has 0 bridgehead atoms. The van der Waals surface area contributed by atoms with E-state index in [9.17, 15) is 19.5 Å². The fourth-order valence-corrected chi connectivity index (χ4v) is 20.7. The summed E-state index contributed by atoms with van der Waals surface area (Å²) < 4.78 is 46.3. The van der Waals surface area contributed by atoms with E-state index in [4.69, 9.17) is 93.3 Å². The number of hydrogen-bond acceptors (Lipinski definition) is 20. The predicted octanol–water partition coefficient (Wildman–Crippen LogP) is 19.0. The van der Waals surface area contributed by atoms with E-state index < -0.39 is 28.9 Å². The van der Waals surface area contributed by atoms with Crippen LogP contribution in [0.25, 0.3) is 55.2 Å². The molecule has 0 atom stereocenters. The average Bonchev–Trinajstić information content (AvgIpc) is 1.65. The van der Waals surface area contributed by atoms with Crippen LogP contribution in [0.4, 0.5) is 0 Å². The number of carbonyl (C=O) groups is 4. The van der Waals surface area contributed by atoms with Gasteiger partial charge in [0.25, 0.3) is 0 Å². The number of carboxylic acid groups (broad SMARTS) is 1. The first kappa shape index (κ1) is 127. The Labute approximate surface area is 994 Å². The maximum Gasteiger partial charge on any atom is 1.00 e. The Morgan fingerprint density at radius 3 is 0.980 bits per heavy atom. The van der Waals surface area contributed by atoms with Crippen molar-refractivity contribution in [3.63, 3.8) is 0 Å². The van der Waals surface area contributed by atoms with Crippen LogP contribution in [-0.4, -0.2) is 173 Å². The summed E-state index contributed by atoms with van der Waals surface area (Å²) in [5.41, 5.74) is 35.3. The number of benzene rings is 15. The van der Waals surface area contributed by atoms with Crippen LogP contribution in [0.15, 0.2) is 400 Å². The van der Waals surface area contributed by atoms with Gasteiger partial charge in [-0.25, -0.2) is 5.26 Å². The van der Waals surface area contributed by atoms with Crippen molar-refractivity contribution in [2.45, 2.75) is 93.3 Å². The van der Waals surface area contributed by atoms with Crippen LogP contribution in [-0.2, 0) is 108 Å². The fourth-order valence-electron chi connectivity index (χ4n) is 15.5. The Bertz CT molecular complexity index is 6750. The average molecular weight is 2290 g/mol. The van der Waals surface area contributed by atoms with Crippen molar-refractivity contribution in [2.75, 3.05) is 13.2 Å². The third-order valence-corrected chi connectivity index (χ3v) is 27.7. The fraction of sp³-hybridized carbons (Fsp3) is 0.138. The minimum Gasteiger partial charge on any atom is -0.870 e. The molecular formula is C116H113BBrCl3K2LiN3O18P2Pd. The number of ether oxygens (including phenoxy) is 5. The molecule has 0 amide bonds. The van der Waals surface area contributed by atoms with Crippen LogP contribution in [0.2, 0.25) is 0 Å². The van der Waals surface area contributed by atoms with Gasteiger partial charge in [0.05, 0.1) is 55.7 Å². The number of aliphatic carboxylic acids is 1. The smallest absolute Gasteiger partial charge is 0.870 e. The van der Waals surface area contributed by atoms with E-state index in [1.165, 1.54) is 31.8 Å². The quantitative estimate of drug-likeness (QED) is 0.00418. The zero-order chi connectivity index (χ0) is 102. The van der Waals surface area contributed by atoms with E-state index >= 15 is 0 Å². The molecule has 15 aromatic carbocycles.